The van der Waals surface area contributed by atoms with E-state index in [1.807, 2.05) is 38.3 Å². The molecular weight excluding hydrogens is 438 g/mol. The van der Waals surface area contributed by atoms with Gasteiger partial charge >= 0.3 is 5.97 Å². The van der Waals surface area contributed by atoms with E-state index in [9.17, 15) is 19.8 Å². The van der Waals surface area contributed by atoms with Gasteiger partial charge in [0.2, 0.25) is 0 Å². The minimum Gasteiger partial charge on any atom is -0.457 e. The third-order valence-electron chi connectivity index (χ3n) is 7.13. The highest BCUT2D eigenvalue weighted by Gasteiger charge is 2.57. The minimum atomic E-state index is -1.10. The number of esters is 1. The zero-order valence-corrected chi connectivity index (χ0v) is 20.9. The number of aryl methyl sites for hydroxylation is 1. The largest absolute Gasteiger partial charge is 0.457 e. The van der Waals surface area contributed by atoms with Crippen molar-refractivity contribution in [1.29, 1.82) is 0 Å². The first-order valence-electron chi connectivity index (χ1n) is 12.0. The number of carbonyl (C=O) groups is 2. The fraction of sp³-hybridized carbons (Fsp3) is 0.654. The second-order valence-corrected chi connectivity index (χ2v) is 10.9. The molecule has 0 unspecified atom stereocenters. The number of rotatable bonds is 2. The fourth-order valence-corrected chi connectivity index (χ4v) is 5.28. The van der Waals surface area contributed by atoms with Gasteiger partial charge in [-0.25, -0.2) is 4.98 Å². The number of aromatic nitrogens is 1. The first kappa shape index (κ1) is 25.8. The average Bonchev–Trinajstić information content (AvgIpc) is 3.49. The Morgan fingerprint density at radius 2 is 1.97 bits per heavy atom. The molecule has 1 aliphatic carbocycles. The third-order valence-corrected chi connectivity index (χ3v) is 7.92. The molecule has 0 bridgehead atoms. The number of aliphatic hydroxyl groups is 2. The van der Waals surface area contributed by atoms with E-state index in [-0.39, 0.29) is 18.1 Å². The summed E-state index contributed by atoms with van der Waals surface area (Å²) >= 11 is 1.57. The summed E-state index contributed by atoms with van der Waals surface area (Å²) in [6.07, 6.45) is 7.70. The summed E-state index contributed by atoms with van der Waals surface area (Å²) in [6, 6.07) is 0. The third kappa shape index (κ3) is 6.40. The van der Waals surface area contributed by atoms with Gasteiger partial charge in [0, 0.05) is 17.7 Å². The number of Topliss-reactive ketones (excluding diaryl/α,β-unsaturated/α-hetero) is 1. The molecule has 1 aromatic heterocycles. The van der Waals surface area contributed by atoms with Crippen LogP contribution >= 0.6 is 11.3 Å². The maximum atomic E-state index is 13.2. The Morgan fingerprint density at radius 3 is 2.61 bits per heavy atom. The van der Waals surface area contributed by atoms with Crippen LogP contribution in [-0.4, -0.2) is 45.3 Å². The Hall–Kier alpha value is -1.83. The van der Waals surface area contributed by atoms with Crippen LogP contribution in [0.3, 0.4) is 0 Å². The van der Waals surface area contributed by atoms with Gasteiger partial charge in [0.15, 0.2) is 0 Å². The van der Waals surface area contributed by atoms with Gasteiger partial charge in [0.05, 0.1) is 34.7 Å². The second-order valence-electron chi connectivity index (χ2n) is 9.79. The molecule has 182 valence electrons. The number of aliphatic hydroxyl groups excluding tert-OH is 2. The van der Waals surface area contributed by atoms with Gasteiger partial charge in [0.25, 0.3) is 0 Å². The lowest BCUT2D eigenvalue weighted by atomic mass is 9.79. The molecule has 0 saturated heterocycles. The number of cyclic esters (lactones) is 1. The van der Waals surface area contributed by atoms with E-state index in [0.29, 0.717) is 19.3 Å². The smallest absolute Gasteiger partial charge is 0.309 e. The van der Waals surface area contributed by atoms with Crippen LogP contribution in [0.2, 0.25) is 0 Å². The van der Waals surface area contributed by atoms with Crippen LogP contribution < -0.4 is 0 Å². The molecule has 0 radical (unpaired) electrons. The van der Waals surface area contributed by atoms with Gasteiger partial charge in [0.1, 0.15) is 11.9 Å². The van der Waals surface area contributed by atoms with Crippen molar-refractivity contribution in [3.63, 3.8) is 0 Å². The van der Waals surface area contributed by atoms with E-state index in [1.54, 1.807) is 18.3 Å². The van der Waals surface area contributed by atoms with Crippen molar-refractivity contribution >= 4 is 29.2 Å². The van der Waals surface area contributed by atoms with Crippen LogP contribution in [0.25, 0.3) is 6.08 Å². The van der Waals surface area contributed by atoms with Crippen molar-refractivity contribution in [2.24, 2.45) is 17.3 Å². The molecule has 33 heavy (non-hydrogen) atoms. The maximum Gasteiger partial charge on any atom is 0.309 e. The number of thiazole rings is 1. The standard InChI is InChI=1S/C26H37NO5S/c1-16-9-7-5-6-8-10-21(17(2)13-20-15-33-19(4)27-20)32-23(29)14-22(28)26(11-12-26)25(31)18(3)24(16)30/h6,8,13,15-16,18,21-22,24,28,30H,5,7,9-12,14H2,1-4H3/b8-6-,17-13+/t16-,18-,21+,22-,24-/m0/s1. The number of ketones is 1. The molecule has 0 amide bonds. The predicted molar refractivity (Wildman–Crippen MR) is 130 cm³/mol. The number of carbonyl (C=O) groups excluding carboxylic acids is 2. The number of ether oxygens (including phenoxy) is 1. The van der Waals surface area contributed by atoms with Gasteiger partial charge < -0.3 is 14.9 Å². The Morgan fingerprint density at radius 1 is 1.24 bits per heavy atom. The zero-order valence-electron chi connectivity index (χ0n) is 20.1. The van der Waals surface area contributed by atoms with Crippen LogP contribution in [0.5, 0.6) is 0 Å². The van der Waals surface area contributed by atoms with Crippen molar-refractivity contribution in [3.8, 4) is 0 Å². The van der Waals surface area contributed by atoms with E-state index in [1.165, 1.54) is 0 Å². The zero-order chi connectivity index (χ0) is 24.2. The summed E-state index contributed by atoms with van der Waals surface area (Å²) in [5, 5.41) is 24.5. The average molecular weight is 476 g/mol. The summed E-state index contributed by atoms with van der Waals surface area (Å²) < 4.78 is 5.78. The number of nitrogens with zero attached hydrogens (tertiary/aromatic N) is 1. The van der Waals surface area contributed by atoms with Crippen molar-refractivity contribution in [3.05, 3.63) is 33.8 Å². The van der Waals surface area contributed by atoms with E-state index in [2.05, 4.69) is 11.1 Å². The number of hydrogen-bond acceptors (Lipinski definition) is 7. The molecule has 2 aliphatic rings. The van der Waals surface area contributed by atoms with Crippen molar-refractivity contribution in [2.75, 3.05) is 0 Å². The molecule has 1 aromatic rings. The maximum absolute atomic E-state index is 13.2. The molecule has 2 N–H and O–H groups in total. The van der Waals surface area contributed by atoms with Crippen LogP contribution in [0, 0.1) is 24.2 Å². The second kappa shape index (κ2) is 11.1. The molecule has 1 saturated carbocycles. The topological polar surface area (TPSA) is 96.7 Å². The van der Waals surface area contributed by atoms with Gasteiger partial charge in [-0.1, -0.05) is 26.0 Å². The highest BCUT2D eigenvalue weighted by atomic mass is 32.1. The van der Waals surface area contributed by atoms with Gasteiger partial charge in [-0.2, -0.15) is 0 Å². The van der Waals surface area contributed by atoms with Gasteiger partial charge in [-0.05, 0) is 63.5 Å². The Labute approximate surface area is 200 Å². The minimum absolute atomic E-state index is 0.0114. The Kier molecular flexibility index (Phi) is 8.65. The molecule has 7 heteroatoms. The molecule has 6 nitrogen and oxygen atoms in total. The van der Waals surface area contributed by atoms with Crippen LogP contribution in [0.4, 0.5) is 0 Å². The molecule has 1 aliphatic heterocycles. The highest BCUT2D eigenvalue weighted by molar-refractivity contribution is 7.09. The fourth-order valence-electron chi connectivity index (χ4n) is 4.71. The lowest BCUT2D eigenvalue weighted by molar-refractivity contribution is -0.152. The molecule has 3 rings (SSSR count). The van der Waals surface area contributed by atoms with Crippen molar-refractivity contribution < 1.29 is 24.5 Å². The number of allylic oxidation sites excluding steroid dienone is 1. The Bertz CT molecular complexity index is 900. The molecule has 1 spiro atoms. The molecule has 5 atom stereocenters. The molecule has 1 fully saturated rings. The van der Waals surface area contributed by atoms with Gasteiger partial charge in [-0.15, -0.1) is 11.3 Å². The normalized spacial score (nSPS) is 33.0. The van der Waals surface area contributed by atoms with E-state index < -0.39 is 35.6 Å². The lowest BCUT2D eigenvalue weighted by Gasteiger charge is -2.29. The Balaban J connectivity index is 1.80. The monoisotopic (exact) mass is 475 g/mol. The van der Waals surface area contributed by atoms with Crippen LogP contribution in [0.1, 0.15) is 76.4 Å². The summed E-state index contributed by atoms with van der Waals surface area (Å²) in [7, 11) is 0. The summed E-state index contributed by atoms with van der Waals surface area (Å²) in [6.45, 7) is 7.58. The summed E-state index contributed by atoms with van der Waals surface area (Å²) in [5.41, 5.74) is 0.789. The van der Waals surface area contributed by atoms with E-state index >= 15 is 0 Å². The summed E-state index contributed by atoms with van der Waals surface area (Å²) in [4.78, 5) is 30.4. The summed E-state index contributed by atoms with van der Waals surface area (Å²) in [5.74, 6) is -1.24. The first-order valence-corrected chi connectivity index (χ1v) is 12.9. The van der Waals surface area contributed by atoms with E-state index in [4.69, 9.17) is 4.74 Å². The SMILES string of the molecule is C/C(=C\c1csc(C)n1)[C@H]1C/C=C\CCC[C@H](C)[C@H](O)[C@H](C)C(=O)C2(CC2)[C@@H](O)CC(=O)O1. The van der Waals surface area contributed by atoms with Crippen LogP contribution in [0.15, 0.2) is 23.1 Å². The highest BCUT2D eigenvalue weighted by Crippen LogP contribution is 2.52. The van der Waals surface area contributed by atoms with E-state index in [0.717, 1.165) is 35.5 Å². The molecular formula is C26H37NO5S. The predicted octanol–water partition coefficient (Wildman–Crippen LogP) is 4.63. The van der Waals surface area contributed by atoms with Gasteiger partial charge in [-0.3, -0.25) is 9.59 Å². The lowest BCUT2D eigenvalue weighted by Crippen LogP contribution is -2.41. The quantitative estimate of drug-likeness (QED) is 0.478. The number of hydrogen-bond donors (Lipinski definition) is 2. The molecule has 0 aromatic carbocycles. The van der Waals surface area contributed by atoms with Crippen molar-refractivity contribution in [1.82, 2.24) is 4.98 Å². The van der Waals surface area contributed by atoms with Crippen molar-refractivity contribution in [2.45, 2.75) is 91.0 Å². The molecule has 2 heterocycles. The first-order chi connectivity index (χ1) is 15.6. The van der Waals surface area contributed by atoms with Crippen LogP contribution in [-0.2, 0) is 14.3 Å².